The number of hydrogen-bond donors (Lipinski definition) is 2. The molecule has 2 aromatic rings. The number of nitrogens with zero attached hydrogens (tertiary/aromatic N) is 1. The Kier molecular flexibility index (Phi) is 5.98. The van der Waals surface area contributed by atoms with Crippen molar-refractivity contribution in [3.05, 3.63) is 46.4 Å². The summed E-state index contributed by atoms with van der Waals surface area (Å²) in [5.41, 5.74) is 1.02. The normalized spacial score (nSPS) is 12.3. The summed E-state index contributed by atoms with van der Waals surface area (Å²) in [4.78, 5) is 4.53. The lowest BCUT2D eigenvalue weighted by atomic mass is 10.2. The molecule has 4 nitrogen and oxygen atoms in total. The SMILES string of the molecule is C[C@H](CCO)NCc1csc(COc2ccccc2)n1. The van der Waals surface area contributed by atoms with Crippen molar-refractivity contribution in [1.82, 2.24) is 10.3 Å². The van der Waals surface area contributed by atoms with Gasteiger partial charge in [0.05, 0.1) is 5.69 Å². The van der Waals surface area contributed by atoms with Crippen LogP contribution in [0.2, 0.25) is 0 Å². The first kappa shape index (κ1) is 15.0. The van der Waals surface area contributed by atoms with E-state index in [-0.39, 0.29) is 6.61 Å². The molecule has 5 heteroatoms. The number of para-hydroxylation sites is 1. The fraction of sp³-hybridized carbons (Fsp3) is 0.400. The summed E-state index contributed by atoms with van der Waals surface area (Å²) in [6.07, 6.45) is 0.758. The molecule has 0 bridgehead atoms. The Bertz CT molecular complexity index is 502. The molecule has 1 atom stereocenters. The van der Waals surface area contributed by atoms with Gasteiger partial charge in [0, 0.05) is 24.6 Å². The fourth-order valence-corrected chi connectivity index (χ4v) is 2.44. The van der Waals surface area contributed by atoms with Crippen LogP contribution in [0.5, 0.6) is 5.75 Å². The van der Waals surface area contributed by atoms with Gasteiger partial charge in [0.1, 0.15) is 17.4 Å². The second-order valence-corrected chi connectivity index (χ2v) is 5.57. The molecular formula is C15H20N2O2S. The Labute approximate surface area is 123 Å². The van der Waals surface area contributed by atoms with Gasteiger partial charge in [-0.2, -0.15) is 0 Å². The molecule has 1 aromatic heterocycles. The summed E-state index contributed by atoms with van der Waals surface area (Å²) in [6.45, 7) is 3.49. The number of ether oxygens (including phenoxy) is 1. The maximum atomic E-state index is 8.85. The van der Waals surface area contributed by atoms with Gasteiger partial charge in [0.25, 0.3) is 0 Å². The highest BCUT2D eigenvalue weighted by molar-refractivity contribution is 7.09. The minimum atomic E-state index is 0.210. The molecule has 2 rings (SSSR count). The van der Waals surface area contributed by atoms with Gasteiger partial charge in [0.2, 0.25) is 0 Å². The van der Waals surface area contributed by atoms with Gasteiger partial charge in [-0.05, 0) is 25.5 Å². The second kappa shape index (κ2) is 7.99. The van der Waals surface area contributed by atoms with E-state index in [0.717, 1.165) is 29.4 Å². The Balaban J connectivity index is 1.77. The molecule has 0 aliphatic rings. The number of aromatic nitrogens is 1. The maximum absolute atomic E-state index is 8.85. The van der Waals surface area contributed by atoms with Crippen molar-refractivity contribution in [2.75, 3.05) is 6.61 Å². The van der Waals surface area contributed by atoms with E-state index in [2.05, 4.69) is 17.2 Å². The lowest BCUT2D eigenvalue weighted by molar-refractivity contribution is 0.268. The zero-order valence-corrected chi connectivity index (χ0v) is 12.4. The van der Waals surface area contributed by atoms with Crippen LogP contribution >= 0.6 is 11.3 Å². The third-order valence-corrected chi connectivity index (χ3v) is 3.77. The average Bonchev–Trinajstić information content (AvgIpc) is 2.92. The second-order valence-electron chi connectivity index (χ2n) is 4.63. The van der Waals surface area contributed by atoms with Gasteiger partial charge in [-0.1, -0.05) is 18.2 Å². The van der Waals surface area contributed by atoms with Gasteiger partial charge >= 0.3 is 0 Å². The number of aliphatic hydroxyl groups excluding tert-OH is 1. The average molecular weight is 292 g/mol. The molecule has 0 saturated carbocycles. The van der Waals surface area contributed by atoms with E-state index < -0.39 is 0 Å². The van der Waals surface area contributed by atoms with Gasteiger partial charge < -0.3 is 15.2 Å². The van der Waals surface area contributed by atoms with Crippen molar-refractivity contribution in [3.8, 4) is 5.75 Å². The van der Waals surface area contributed by atoms with E-state index in [0.29, 0.717) is 12.6 Å². The predicted octanol–water partition coefficient (Wildman–Crippen LogP) is 2.58. The van der Waals surface area contributed by atoms with Crippen LogP contribution < -0.4 is 10.1 Å². The fourth-order valence-electron chi connectivity index (χ4n) is 1.73. The van der Waals surface area contributed by atoms with Crippen molar-refractivity contribution < 1.29 is 9.84 Å². The summed E-state index contributed by atoms with van der Waals surface area (Å²) in [7, 11) is 0. The highest BCUT2D eigenvalue weighted by Gasteiger charge is 2.05. The molecular weight excluding hydrogens is 272 g/mol. The molecule has 20 heavy (non-hydrogen) atoms. The van der Waals surface area contributed by atoms with Crippen LogP contribution in [0.3, 0.4) is 0 Å². The van der Waals surface area contributed by atoms with E-state index in [4.69, 9.17) is 9.84 Å². The predicted molar refractivity (Wildman–Crippen MR) is 80.9 cm³/mol. The monoisotopic (exact) mass is 292 g/mol. The molecule has 1 aromatic carbocycles. The van der Waals surface area contributed by atoms with Crippen LogP contribution in [0.1, 0.15) is 24.0 Å². The molecule has 0 amide bonds. The lowest BCUT2D eigenvalue weighted by Gasteiger charge is -2.10. The molecule has 1 heterocycles. The standard InChI is InChI=1S/C15H20N2O2S/c1-12(7-8-18)16-9-13-11-20-15(17-13)10-19-14-5-3-2-4-6-14/h2-6,11-12,16,18H,7-10H2,1H3/t12-/m1/s1. The van der Waals surface area contributed by atoms with Gasteiger partial charge in [-0.3, -0.25) is 0 Å². The quantitative estimate of drug-likeness (QED) is 0.785. The molecule has 0 aliphatic carbocycles. The molecule has 108 valence electrons. The topological polar surface area (TPSA) is 54.4 Å². The summed E-state index contributed by atoms with van der Waals surface area (Å²) in [5, 5.41) is 15.2. The number of aliphatic hydroxyl groups is 1. The number of nitrogens with one attached hydrogen (secondary N) is 1. The number of thiazole rings is 1. The third kappa shape index (κ3) is 4.92. The van der Waals surface area contributed by atoms with Gasteiger partial charge in [-0.15, -0.1) is 11.3 Å². The van der Waals surface area contributed by atoms with Crippen molar-refractivity contribution in [2.45, 2.75) is 32.5 Å². The van der Waals surface area contributed by atoms with Crippen LogP contribution in [0.25, 0.3) is 0 Å². The third-order valence-electron chi connectivity index (χ3n) is 2.90. The number of rotatable bonds is 8. The van der Waals surface area contributed by atoms with E-state index in [9.17, 15) is 0 Å². The summed E-state index contributed by atoms with van der Waals surface area (Å²) >= 11 is 1.61. The largest absolute Gasteiger partial charge is 0.486 e. The molecule has 0 fully saturated rings. The van der Waals surface area contributed by atoms with Crippen LogP contribution in [0.15, 0.2) is 35.7 Å². The molecule has 2 N–H and O–H groups in total. The van der Waals surface area contributed by atoms with E-state index in [1.807, 2.05) is 35.7 Å². The molecule has 0 aliphatic heterocycles. The van der Waals surface area contributed by atoms with Crippen LogP contribution in [-0.2, 0) is 13.2 Å². The van der Waals surface area contributed by atoms with Crippen molar-refractivity contribution in [3.63, 3.8) is 0 Å². The minimum Gasteiger partial charge on any atom is -0.486 e. The molecule has 0 radical (unpaired) electrons. The smallest absolute Gasteiger partial charge is 0.140 e. The zero-order chi connectivity index (χ0) is 14.2. The van der Waals surface area contributed by atoms with Crippen LogP contribution in [0, 0.1) is 0 Å². The Morgan fingerprint density at radius 3 is 2.90 bits per heavy atom. The molecule has 0 unspecified atom stereocenters. The Hall–Kier alpha value is -1.43. The Morgan fingerprint density at radius 1 is 1.35 bits per heavy atom. The van der Waals surface area contributed by atoms with Crippen LogP contribution in [-0.4, -0.2) is 22.7 Å². The number of benzene rings is 1. The molecule has 0 saturated heterocycles. The summed E-state index contributed by atoms with van der Waals surface area (Å²) in [6, 6.07) is 10.0. The van der Waals surface area contributed by atoms with E-state index in [1.165, 1.54) is 0 Å². The first-order valence-corrected chi connectivity index (χ1v) is 7.61. The zero-order valence-electron chi connectivity index (χ0n) is 11.6. The maximum Gasteiger partial charge on any atom is 0.140 e. The van der Waals surface area contributed by atoms with E-state index in [1.54, 1.807) is 11.3 Å². The van der Waals surface area contributed by atoms with Crippen molar-refractivity contribution in [2.24, 2.45) is 0 Å². The van der Waals surface area contributed by atoms with Crippen molar-refractivity contribution >= 4 is 11.3 Å². The summed E-state index contributed by atoms with van der Waals surface area (Å²) < 4.78 is 5.66. The summed E-state index contributed by atoms with van der Waals surface area (Å²) in [5.74, 6) is 0.860. The first-order valence-electron chi connectivity index (χ1n) is 6.73. The molecule has 0 spiro atoms. The number of hydrogen-bond acceptors (Lipinski definition) is 5. The minimum absolute atomic E-state index is 0.210. The highest BCUT2D eigenvalue weighted by Crippen LogP contribution is 2.15. The Morgan fingerprint density at radius 2 is 2.15 bits per heavy atom. The van der Waals surface area contributed by atoms with Crippen molar-refractivity contribution in [1.29, 1.82) is 0 Å². The van der Waals surface area contributed by atoms with E-state index >= 15 is 0 Å². The van der Waals surface area contributed by atoms with Gasteiger partial charge in [-0.25, -0.2) is 4.98 Å². The van der Waals surface area contributed by atoms with Gasteiger partial charge in [0.15, 0.2) is 0 Å². The van der Waals surface area contributed by atoms with Crippen LogP contribution in [0.4, 0.5) is 0 Å². The lowest BCUT2D eigenvalue weighted by Crippen LogP contribution is -2.26. The highest BCUT2D eigenvalue weighted by atomic mass is 32.1. The first-order chi connectivity index (χ1) is 9.78.